The number of aromatic nitrogens is 4. The van der Waals surface area contributed by atoms with Crippen LogP contribution in [0, 0.1) is 6.92 Å². The highest BCUT2D eigenvalue weighted by molar-refractivity contribution is 5.81. The van der Waals surface area contributed by atoms with Crippen LogP contribution in [0.2, 0.25) is 0 Å². The van der Waals surface area contributed by atoms with Crippen molar-refractivity contribution < 1.29 is 4.79 Å². The van der Waals surface area contributed by atoms with Crippen molar-refractivity contribution in [3.63, 3.8) is 0 Å². The fourth-order valence-electron chi connectivity index (χ4n) is 4.82. The summed E-state index contributed by atoms with van der Waals surface area (Å²) in [6, 6.07) is 9.62. The van der Waals surface area contributed by atoms with E-state index in [9.17, 15) is 14.4 Å². The highest BCUT2D eigenvalue weighted by Gasteiger charge is 2.28. The number of piperidine rings is 1. The number of hydrogen-bond donors (Lipinski definition) is 0. The van der Waals surface area contributed by atoms with E-state index in [4.69, 9.17) is 0 Å². The molecular weight excluding hydrogens is 406 g/mol. The second-order valence-electron chi connectivity index (χ2n) is 8.49. The minimum absolute atomic E-state index is 0.0755. The first-order valence-electron chi connectivity index (χ1n) is 11.5. The average molecular weight is 438 g/mol. The Morgan fingerprint density at radius 2 is 1.81 bits per heavy atom. The van der Waals surface area contributed by atoms with E-state index in [1.165, 1.54) is 9.13 Å². The normalized spacial score (nSPS) is 16.6. The lowest BCUT2D eigenvalue weighted by Gasteiger charge is -2.35. The average Bonchev–Trinajstić information content (AvgIpc) is 3.16. The molecule has 1 aromatic carbocycles. The molecule has 1 amide bonds. The quantitative estimate of drug-likeness (QED) is 0.593. The summed E-state index contributed by atoms with van der Waals surface area (Å²) in [5, 5.41) is 4.49. The van der Waals surface area contributed by atoms with E-state index >= 15 is 0 Å². The number of carbonyl (C=O) groups is 1. The predicted molar refractivity (Wildman–Crippen MR) is 124 cm³/mol. The number of nitrogens with zero attached hydrogens (tertiary/aromatic N) is 5. The first-order valence-corrected chi connectivity index (χ1v) is 11.5. The maximum absolute atomic E-state index is 13.5. The molecule has 8 nitrogen and oxygen atoms in total. The topological polar surface area (TPSA) is 82.1 Å². The van der Waals surface area contributed by atoms with Crippen molar-refractivity contribution in [2.75, 3.05) is 6.54 Å². The zero-order valence-corrected chi connectivity index (χ0v) is 19.1. The Bertz CT molecular complexity index is 1240. The Labute approximate surface area is 187 Å². The molecule has 2 aromatic heterocycles. The van der Waals surface area contributed by atoms with Crippen LogP contribution in [0.1, 0.15) is 50.8 Å². The molecule has 3 heterocycles. The van der Waals surface area contributed by atoms with Crippen molar-refractivity contribution in [1.29, 1.82) is 0 Å². The summed E-state index contributed by atoms with van der Waals surface area (Å²) in [6.07, 6.45) is 3.99. The zero-order valence-electron chi connectivity index (χ0n) is 19.1. The van der Waals surface area contributed by atoms with Gasteiger partial charge in [0.05, 0.1) is 12.2 Å². The minimum Gasteiger partial charge on any atom is -0.338 e. The standard InChI is InChI=1S/C24H31N5O3/c1-4-19-13-9-10-14-26(19)20(30)16-27-21-17(3)25-29(5-2)22(21)23(31)28(24(27)32)15-18-11-7-6-8-12-18/h6-8,11-12,19H,4-5,9-10,13-16H2,1-3H3. The van der Waals surface area contributed by atoms with Gasteiger partial charge >= 0.3 is 5.69 Å². The molecule has 32 heavy (non-hydrogen) atoms. The number of benzene rings is 1. The van der Waals surface area contributed by atoms with Crippen molar-refractivity contribution >= 4 is 16.9 Å². The third-order valence-electron chi connectivity index (χ3n) is 6.47. The van der Waals surface area contributed by atoms with Gasteiger partial charge in [-0.2, -0.15) is 5.10 Å². The summed E-state index contributed by atoms with van der Waals surface area (Å²) in [7, 11) is 0. The molecule has 1 aliphatic rings. The lowest BCUT2D eigenvalue weighted by atomic mass is 10.00. The van der Waals surface area contributed by atoms with Gasteiger partial charge in [0, 0.05) is 19.1 Å². The number of aryl methyl sites for hydroxylation is 2. The molecule has 4 rings (SSSR count). The van der Waals surface area contributed by atoms with Crippen LogP contribution in [-0.4, -0.2) is 42.3 Å². The second-order valence-corrected chi connectivity index (χ2v) is 8.49. The molecule has 3 aromatic rings. The highest BCUT2D eigenvalue weighted by Crippen LogP contribution is 2.21. The van der Waals surface area contributed by atoms with Crippen LogP contribution < -0.4 is 11.2 Å². The molecule has 170 valence electrons. The summed E-state index contributed by atoms with van der Waals surface area (Å²) in [6.45, 7) is 7.07. The number of likely N-dealkylation sites (tertiary alicyclic amines) is 1. The van der Waals surface area contributed by atoms with E-state index in [0.29, 0.717) is 29.8 Å². The smallest absolute Gasteiger partial charge is 0.332 e. The third-order valence-corrected chi connectivity index (χ3v) is 6.47. The fourth-order valence-corrected chi connectivity index (χ4v) is 4.82. The molecule has 0 N–H and O–H groups in total. The lowest BCUT2D eigenvalue weighted by Crippen LogP contribution is -2.48. The van der Waals surface area contributed by atoms with Gasteiger partial charge in [-0.05, 0) is 45.1 Å². The van der Waals surface area contributed by atoms with Gasteiger partial charge in [-0.25, -0.2) is 4.79 Å². The van der Waals surface area contributed by atoms with Crippen molar-refractivity contribution in [3.05, 3.63) is 62.4 Å². The molecular formula is C24H31N5O3. The molecule has 1 fully saturated rings. The van der Waals surface area contributed by atoms with Crippen LogP contribution in [0.5, 0.6) is 0 Å². The zero-order chi connectivity index (χ0) is 22.8. The molecule has 1 atom stereocenters. The van der Waals surface area contributed by atoms with Crippen LogP contribution in [0.3, 0.4) is 0 Å². The van der Waals surface area contributed by atoms with Crippen LogP contribution in [0.4, 0.5) is 0 Å². The van der Waals surface area contributed by atoms with Gasteiger partial charge in [0.25, 0.3) is 5.56 Å². The summed E-state index contributed by atoms with van der Waals surface area (Å²) in [4.78, 5) is 42.2. The summed E-state index contributed by atoms with van der Waals surface area (Å²) in [5.74, 6) is -0.0755. The van der Waals surface area contributed by atoms with E-state index in [1.54, 1.807) is 11.6 Å². The van der Waals surface area contributed by atoms with Crippen LogP contribution >= 0.6 is 0 Å². The molecule has 1 unspecified atom stereocenters. The Morgan fingerprint density at radius 1 is 1.06 bits per heavy atom. The number of rotatable bonds is 6. The molecule has 0 bridgehead atoms. The Balaban J connectivity index is 1.85. The monoisotopic (exact) mass is 437 g/mol. The molecule has 1 aliphatic heterocycles. The predicted octanol–water partition coefficient (Wildman–Crippen LogP) is 2.53. The van der Waals surface area contributed by atoms with Crippen molar-refractivity contribution in [2.45, 2.75) is 72.1 Å². The van der Waals surface area contributed by atoms with Gasteiger partial charge in [-0.1, -0.05) is 37.3 Å². The van der Waals surface area contributed by atoms with E-state index < -0.39 is 5.69 Å². The number of amides is 1. The van der Waals surface area contributed by atoms with E-state index in [1.807, 2.05) is 42.2 Å². The van der Waals surface area contributed by atoms with Crippen molar-refractivity contribution in [3.8, 4) is 0 Å². The maximum Gasteiger partial charge on any atom is 0.332 e. The number of fused-ring (bicyclic) bond motifs is 1. The number of hydrogen-bond acceptors (Lipinski definition) is 4. The fraction of sp³-hybridized carbons (Fsp3) is 0.500. The third kappa shape index (κ3) is 3.89. The molecule has 0 aliphatic carbocycles. The minimum atomic E-state index is -0.469. The van der Waals surface area contributed by atoms with Crippen LogP contribution in [-0.2, 0) is 24.4 Å². The first kappa shape index (κ1) is 22.0. The molecule has 0 spiro atoms. The van der Waals surface area contributed by atoms with Gasteiger partial charge < -0.3 is 4.90 Å². The Morgan fingerprint density at radius 3 is 2.50 bits per heavy atom. The van der Waals surface area contributed by atoms with Gasteiger partial charge in [0.2, 0.25) is 5.91 Å². The first-order chi connectivity index (χ1) is 15.5. The summed E-state index contributed by atoms with van der Waals surface area (Å²) < 4.78 is 4.31. The summed E-state index contributed by atoms with van der Waals surface area (Å²) in [5.41, 5.74) is 1.43. The van der Waals surface area contributed by atoms with Crippen molar-refractivity contribution in [2.24, 2.45) is 0 Å². The van der Waals surface area contributed by atoms with E-state index in [2.05, 4.69) is 12.0 Å². The van der Waals surface area contributed by atoms with Gasteiger partial charge in [0.1, 0.15) is 12.1 Å². The number of carbonyl (C=O) groups excluding carboxylic acids is 1. The lowest BCUT2D eigenvalue weighted by molar-refractivity contribution is -0.135. The molecule has 0 saturated carbocycles. The highest BCUT2D eigenvalue weighted by atomic mass is 16.2. The largest absolute Gasteiger partial charge is 0.338 e. The Hall–Kier alpha value is -3.16. The van der Waals surface area contributed by atoms with E-state index in [0.717, 1.165) is 31.2 Å². The molecule has 0 radical (unpaired) electrons. The van der Waals surface area contributed by atoms with Gasteiger partial charge in [-0.3, -0.25) is 23.4 Å². The summed E-state index contributed by atoms with van der Waals surface area (Å²) >= 11 is 0. The maximum atomic E-state index is 13.5. The van der Waals surface area contributed by atoms with Gasteiger partial charge in [-0.15, -0.1) is 0 Å². The van der Waals surface area contributed by atoms with Crippen LogP contribution in [0.25, 0.3) is 11.0 Å². The Kier molecular flexibility index (Phi) is 6.30. The second kappa shape index (κ2) is 9.14. The SMILES string of the molecule is CCC1CCCCN1C(=O)Cn1c(=O)n(Cc2ccccc2)c(=O)c2c1c(C)nn2CC. The van der Waals surface area contributed by atoms with Gasteiger partial charge in [0.15, 0.2) is 5.52 Å². The molecule has 1 saturated heterocycles. The van der Waals surface area contributed by atoms with Crippen LogP contribution in [0.15, 0.2) is 39.9 Å². The molecule has 8 heteroatoms. The van der Waals surface area contributed by atoms with E-state index in [-0.39, 0.29) is 30.6 Å². The van der Waals surface area contributed by atoms with Crippen molar-refractivity contribution in [1.82, 2.24) is 23.8 Å².